The smallest absolute Gasteiger partial charge is 0.251 e. The Morgan fingerprint density at radius 1 is 1.00 bits per heavy atom. The molecular formula is C31H36N6O3S. The lowest BCUT2D eigenvalue weighted by Crippen LogP contribution is -2.49. The fourth-order valence-corrected chi connectivity index (χ4v) is 6.61. The Balaban J connectivity index is 1.05. The number of amides is 1. The Kier molecular flexibility index (Phi) is 7.91. The minimum Gasteiger partial charge on any atom is -0.493 e. The number of thiocarbonyl (C=S) groups is 1. The van der Waals surface area contributed by atoms with Gasteiger partial charge in [-0.3, -0.25) is 4.79 Å². The molecule has 6 rings (SSSR count). The number of fused-ring (bicyclic) bond motifs is 3. The van der Waals surface area contributed by atoms with Crippen LogP contribution in [-0.2, 0) is 0 Å². The summed E-state index contributed by atoms with van der Waals surface area (Å²) in [6, 6.07) is 13.6. The molecule has 2 aromatic carbocycles. The minimum absolute atomic E-state index is 0.0231. The lowest BCUT2D eigenvalue weighted by atomic mass is 9.84. The van der Waals surface area contributed by atoms with E-state index in [-0.39, 0.29) is 11.9 Å². The molecule has 214 valence electrons. The van der Waals surface area contributed by atoms with Gasteiger partial charge in [-0.2, -0.15) is 0 Å². The number of aromatic amines is 1. The van der Waals surface area contributed by atoms with Crippen molar-refractivity contribution >= 4 is 50.9 Å². The standard InChI is InChI=1S/C31H36N6O3S/c1-39-25-17-23-24(18-26(25)40-2)35-29-28(23)30(33-19-32-29)37-14-12-36(13-15-37)27(41)16-20-8-10-22(11-9-20)34-31(38)21-6-4-3-5-7-21/h3-7,17-20,22H,8-16H2,1-2H3,(H,34,38)(H,32,33,35). The van der Waals surface area contributed by atoms with Crippen LogP contribution in [0.15, 0.2) is 48.8 Å². The predicted molar refractivity (Wildman–Crippen MR) is 165 cm³/mol. The number of anilines is 1. The van der Waals surface area contributed by atoms with Crippen LogP contribution in [0.5, 0.6) is 11.5 Å². The molecule has 2 N–H and O–H groups in total. The summed E-state index contributed by atoms with van der Waals surface area (Å²) < 4.78 is 11.0. The maximum atomic E-state index is 12.5. The molecule has 3 heterocycles. The van der Waals surface area contributed by atoms with Crippen molar-refractivity contribution in [1.82, 2.24) is 25.2 Å². The number of hydrogen-bond acceptors (Lipinski definition) is 7. The van der Waals surface area contributed by atoms with Crippen molar-refractivity contribution in [3.8, 4) is 11.5 Å². The van der Waals surface area contributed by atoms with Gasteiger partial charge in [0.15, 0.2) is 11.5 Å². The van der Waals surface area contributed by atoms with Crippen LogP contribution in [0.3, 0.4) is 0 Å². The van der Waals surface area contributed by atoms with Gasteiger partial charge in [0.1, 0.15) is 17.8 Å². The van der Waals surface area contributed by atoms with Crippen LogP contribution < -0.4 is 19.7 Å². The van der Waals surface area contributed by atoms with Gasteiger partial charge in [-0.1, -0.05) is 30.4 Å². The average Bonchev–Trinajstić information content (AvgIpc) is 3.39. The highest BCUT2D eigenvalue weighted by atomic mass is 32.1. The van der Waals surface area contributed by atoms with E-state index >= 15 is 0 Å². The van der Waals surface area contributed by atoms with E-state index in [1.54, 1.807) is 20.5 Å². The molecule has 2 aliphatic rings. The van der Waals surface area contributed by atoms with Crippen molar-refractivity contribution < 1.29 is 14.3 Å². The summed E-state index contributed by atoms with van der Waals surface area (Å²) in [7, 11) is 3.28. The summed E-state index contributed by atoms with van der Waals surface area (Å²) >= 11 is 5.93. The average molecular weight is 573 g/mol. The van der Waals surface area contributed by atoms with Gasteiger partial charge in [0.25, 0.3) is 5.91 Å². The summed E-state index contributed by atoms with van der Waals surface area (Å²) in [5.74, 6) is 2.88. The number of hydrogen-bond donors (Lipinski definition) is 2. The number of benzene rings is 2. The molecule has 0 unspecified atom stereocenters. The van der Waals surface area contributed by atoms with E-state index in [2.05, 4.69) is 25.1 Å². The SMILES string of the molecule is COc1cc2[nH]c3ncnc(N4CCN(C(=S)CC5CCC(NC(=O)c6ccccc6)CC5)CC4)c3c2cc1OC. The first-order valence-electron chi connectivity index (χ1n) is 14.3. The second-order valence-electron chi connectivity index (χ2n) is 10.9. The molecule has 2 fully saturated rings. The van der Waals surface area contributed by atoms with Crippen LogP contribution in [0, 0.1) is 5.92 Å². The van der Waals surface area contributed by atoms with Crippen LogP contribution in [0.25, 0.3) is 21.9 Å². The summed E-state index contributed by atoms with van der Waals surface area (Å²) in [5, 5.41) is 5.22. The number of carbonyl (C=O) groups excluding carboxylic acids is 1. The monoisotopic (exact) mass is 572 g/mol. The van der Waals surface area contributed by atoms with Crippen molar-refractivity contribution in [2.45, 2.75) is 38.1 Å². The fourth-order valence-electron chi connectivity index (χ4n) is 6.19. The van der Waals surface area contributed by atoms with Crippen LogP contribution in [-0.4, -0.2) is 77.2 Å². The van der Waals surface area contributed by atoms with E-state index in [1.807, 2.05) is 42.5 Å². The number of piperazine rings is 1. The molecule has 41 heavy (non-hydrogen) atoms. The first-order valence-corrected chi connectivity index (χ1v) is 14.7. The number of ether oxygens (including phenoxy) is 2. The molecule has 0 atom stereocenters. The molecule has 1 aliphatic carbocycles. The second kappa shape index (κ2) is 11.9. The van der Waals surface area contributed by atoms with E-state index in [4.69, 9.17) is 26.7 Å². The summed E-state index contributed by atoms with van der Waals surface area (Å²) in [6.07, 6.45) is 6.75. The molecule has 9 nitrogen and oxygen atoms in total. The number of carbonyl (C=O) groups is 1. The predicted octanol–water partition coefficient (Wildman–Crippen LogP) is 4.96. The van der Waals surface area contributed by atoms with Crippen LogP contribution in [0.1, 0.15) is 42.5 Å². The maximum Gasteiger partial charge on any atom is 0.251 e. The van der Waals surface area contributed by atoms with E-state index in [1.165, 1.54) is 0 Å². The van der Waals surface area contributed by atoms with Crippen molar-refractivity contribution in [1.29, 1.82) is 0 Å². The van der Waals surface area contributed by atoms with Crippen LogP contribution in [0.2, 0.25) is 0 Å². The molecule has 1 saturated heterocycles. The van der Waals surface area contributed by atoms with E-state index < -0.39 is 0 Å². The van der Waals surface area contributed by atoms with Gasteiger partial charge in [0, 0.05) is 55.7 Å². The van der Waals surface area contributed by atoms with Gasteiger partial charge < -0.3 is 29.6 Å². The highest BCUT2D eigenvalue weighted by molar-refractivity contribution is 7.80. The molecule has 0 radical (unpaired) electrons. The molecule has 0 spiro atoms. The summed E-state index contributed by atoms with van der Waals surface area (Å²) in [5.41, 5.74) is 2.46. The number of methoxy groups -OCH3 is 2. The lowest BCUT2D eigenvalue weighted by Gasteiger charge is -2.38. The highest BCUT2D eigenvalue weighted by Gasteiger charge is 2.27. The Hall–Kier alpha value is -3.92. The topological polar surface area (TPSA) is 95.6 Å². The van der Waals surface area contributed by atoms with Gasteiger partial charge in [0.2, 0.25) is 0 Å². The second-order valence-corrected chi connectivity index (χ2v) is 11.4. The molecule has 1 aliphatic heterocycles. The molecule has 1 amide bonds. The first-order chi connectivity index (χ1) is 20.0. The highest BCUT2D eigenvalue weighted by Crippen LogP contribution is 2.38. The molecule has 4 aromatic rings. The molecule has 2 aromatic heterocycles. The third-order valence-corrected chi connectivity index (χ3v) is 8.91. The number of nitrogens with one attached hydrogen (secondary N) is 2. The fraction of sp³-hybridized carbons (Fsp3) is 0.419. The molecule has 1 saturated carbocycles. The van der Waals surface area contributed by atoms with E-state index in [9.17, 15) is 4.79 Å². The Morgan fingerprint density at radius 2 is 1.71 bits per heavy atom. The van der Waals surface area contributed by atoms with E-state index in [0.717, 1.165) is 96.6 Å². The van der Waals surface area contributed by atoms with Crippen molar-refractivity contribution in [2.75, 3.05) is 45.3 Å². The number of H-pyrrole nitrogens is 1. The Bertz CT molecular complexity index is 1540. The first kappa shape index (κ1) is 27.3. The molecule has 0 bridgehead atoms. The summed E-state index contributed by atoms with van der Waals surface area (Å²) in [6.45, 7) is 3.41. The normalized spacial score (nSPS) is 19.4. The zero-order valence-electron chi connectivity index (χ0n) is 23.6. The third-order valence-electron chi connectivity index (χ3n) is 8.49. The quantitative estimate of drug-likeness (QED) is 0.300. The lowest BCUT2D eigenvalue weighted by molar-refractivity contribution is 0.0922. The summed E-state index contributed by atoms with van der Waals surface area (Å²) in [4.78, 5) is 30.9. The number of aromatic nitrogens is 3. The maximum absolute atomic E-state index is 12.5. The van der Waals surface area contributed by atoms with Crippen molar-refractivity contribution in [3.05, 3.63) is 54.4 Å². The minimum atomic E-state index is 0.0231. The molecular weight excluding hydrogens is 536 g/mol. The molecule has 10 heteroatoms. The Labute approximate surface area is 245 Å². The zero-order chi connectivity index (χ0) is 28.3. The largest absolute Gasteiger partial charge is 0.493 e. The van der Waals surface area contributed by atoms with Gasteiger partial charge in [0.05, 0.1) is 30.1 Å². The van der Waals surface area contributed by atoms with Crippen LogP contribution in [0.4, 0.5) is 5.82 Å². The van der Waals surface area contributed by atoms with Crippen LogP contribution >= 0.6 is 12.2 Å². The van der Waals surface area contributed by atoms with Crippen molar-refractivity contribution in [2.24, 2.45) is 5.92 Å². The number of nitrogens with zero attached hydrogens (tertiary/aromatic N) is 4. The Morgan fingerprint density at radius 3 is 2.41 bits per heavy atom. The van der Waals surface area contributed by atoms with Gasteiger partial charge >= 0.3 is 0 Å². The number of rotatable bonds is 7. The zero-order valence-corrected chi connectivity index (χ0v) is 24.4. The van der Waals surface area contributed by atoms with Gasteiger partial charge in [-0.05, 0) is 49.8 Å². The van der Waals surface area contributed by atoms with Crippen molar-refractivity contribution in [3.63, 3.8) is 0 Å². The van der Waals surface area contributed by atoms with E-state index in [0.29, 0.717) is 17.4 Å². The third kappa shape index (κ3) is 5.66. The van der Waals surface area contributed by atoms with Gasteiger partial charge in [-0.25, -0.2) is 9.97 Å². The van der Waals surface area contributed by atoms with Gasteiger partial charge in [-0.15, -0.1) is 0 Å².